The number of terminal acetylenes is 1. The molecule has 0 radical (unpaired) electrons. The molecule has 0 rings (SSSR count). The number of hydrogen-bond donors (Lipinski definition) is 0. The zero-order valence-corrected chi connectivity index (χ0v) is 5.79. The van der Waals surface area contributed by atoms with Crippen LogP contribution in [0.1, 0.15) is 6.42 Å². The predicted molar refractivity (Wildman–Crippen MR) is 37.0 cm³/mol. The summed E-state index contributed by atoms with van der Waals surface area (Å²) in [6, 6.07) is -0.0394. The number of carbonyl (C=O) groups excluding carboxylic acids is 1. The van der Waals surface area contributed by atoms with Crippen LogP contribution in [0.25, 0.3) is 0 Å². The molecule has 1 atom stereocenters. The lowest BCUT2D eigenvalue weighted by molar-refractivity contribution is -0.108. The third-order valence-electron chi connectivity index (χ3n) is 1.14. The highest BCUT2D eigenvalue weighted by Crippen LogP contribution is 1.93. The van der Waals surface area contributed by atoms with Crippen molar-refractivity contribution >= 4 is 6.29 Å². The highest BCUT2D eigenvalue weighted by molar-refractivity contribution is 5.51. The maximum atomic E-state index is 9.96. The van der Waals surface area contributed by atoms with Gasteiger partial charge in [0.05, 0.1) is 6.04 Å². The molecule has 0 N–H and O–H groups in total. The normalized spacial score (nSPS) is 12.7. The van der Waals surface area contributed by atoms with Crippen molar-refractivity contribution in [1.82, 2.24) is 4.90 Å². The van der Waals surface area contributed by atoms with E-state index in [1.54, 1.807) is 0 Å². The summed E-state index contributed by atoms with van der Waals surface area (Å²) in [6.45, 7) is 0. The van der Waals surface area contributed by atoms with Crippen LogP contribution in [-0.4, -0.2) is 31.3 Å². The minimum atomic E-state index is -0.0394. The Morgan fingerprint density at radius 2 is 2.33 bits per heavy atom. The van der Waals surface area contributed by atoms with Crippen molar-refractivity contribution in [2.45, 2.75) is 12.5 Å². The van der Waals surface area contributed by atoms with E-state index in [1.807, 2.05) is 19.0 Å². The van der Waals surface area contributed by atoms with Crippen molar-refractivity contribution in [3.05, 3.63) is 0 Å². The highest BCUT2D eigenvalue weighted by Gasteiger charge is 2.04. The Labute approximate surface area is 55.8 Å². The fourth-order valence-electron chi connectivity index (χ4n) is 0.519. The molecular weight excluding hydrogens is 114 g/mol. The molecule has 0 fully saturated rings. The standard InChI is InChI=1S/C7H11NO/c1-4-7(5-6-9)8(2)3/h1,6-7H,5H2,2-3H3. The van der Waals surface area contributed by atoms with Crippen LogP contribution >= 0.6 is 0 Å². The largest absolute Gasteiger partial charge is 0.303 e. The summed E-state index contributed by atoms with van der Waals surface area (Å²) in [7, 11) is 3.71. The lowest BCUT2D eigenvalue weighted by Gasteiger charge is -2.14. The van der Waals surface area contributed by atoms with Gasteiger partial charge in [-0.1, -0.05) is 5.92 Å². The van der Waals surface area contributed by atoms with Gasteiger partial charge in [-0.2, -0.15) is 0 Å². The molecule has 0 aromatic rings. The third-order valence-corrected chi connectivity index (χ3v) is 1.14. The van der Waals surface area contributed by atoms with Crippen molar-refractivity contribution in [3.63, 3.8) is 0 Å². The monoisotopic (exact) mass is 125 g/mol. The first kappa shape index (κ1) is 8.19. The van der Waals surface area contributed by atoms with E-state index in [1.165, 1.54) is 0 Å². The average Bonchev–Trinajstić information content (AvgIpc) is 1.82. The second-order valence-electron chi connectivity index (χ2n) is 2.05. The molecule has 0 saturated heterocycles. The van der Waals surface area contributed by atoms with E-state index < -0.39 is 0 Å². The van der Waals surface area contributed by atoms with E-state index in [9.17, 15) is 4.79 Å². The van der Waals surface area contributed by atoms with Crippen molar-refractivity contribution < 1.29 is 4.79 Å². The van der Waals surface area contributed by atoms with Gasteiger partial charge in [-0.15, -0.1) is 6.42 Å². The molecule has 0 aromatic carbocycles. The molecule has 0 aliphatic heterocycles. The molecule has 1 unspecified atom stereocenters. The van der Waals surface area contributed by atoms with Crippen molar-refractivity contribution in [2.24, 2.45) is 0 Å². The van der Waals surface area contributed by atoms with Crippen LogP contribution in [-0.2, 0) is 4.79 Å². The predicted octanol–water partition coefficient (Wildman–Crippen LogP) is 0.139. The Morgan fingerprint density at radius 1 is 1.78 bits per heavy atom. The topological polar surface area (TPSA) is 20.3 Å². The minimum Gasteiger partial charge on any atom is -0.303 e. The Bertz CT molecular complexity index is 123. The molecule has 0 spiro atoms. The summed E-state index contributed by atoms with van der Waals surface area (Å²) >= 11 is 0. The Kier molecular flexibility index (Phi) is 3.74. The molecule has 0 bridgehead atoms. The van der Waals surface area contributed by atoms with E-state index >= 15 is 0 Å². The van der Waals surface area contributed by atoms with Crippen LogP contribution in [0.15, 0.2) is 0 Å². The van der Waals surface area contributed by atoms with Gasteiger partial charge >= 0.3 is 0 Å². The molecule has 2 heteroatoms. The molecule has 0 aliphatic carbocycles. The Morgan fingerprint density at radius 3 is 2.44 bits per heavy atom. The Hall–Kier alpha value is -0.810. The number of hydrogen-bond acceptors (Lipinski definition) is 2. The minimum absolute atomic E-state index is 0.0394. The summed E-state index contributed by atoms with van der Waals surface area (Å²) < 4.78 is 0. The quantitative estimate of drug-likeness (QED) is 0.395. The van der Waals surface area contributed by atoms with E-state index in [0.717, 1.165) is 6.29 Å². The molecule has 9 heavy (non-hydrogen) atoms. The van der Waals surface area contributed by atoms with Crippen molar-refractivity contribution in [3.8, 4) is 12.3 Å². The maximum Gasteiger partial charge on any atom is 0.122 e. The summed E-state index contributed by atoms with van der Waals surface area (Å²) in [6.07, 6.45) is 6.37. The van der Waals surface area contributed by atoms with Crippen LogP contribution in [0, 0.1) is 12.3 Å². The third kappa shape index (κ3) is 2.89. The van der Waals surface area contributed by atoms with Crippen molar-refractivity contribution in [1.29, 1.82) is 0 Å². The zero-order chi connectivity index (χ0) is 7.28. The molecular formula is C7H11NO. The van der Waals surface area contributed by atoms with E-state index in [-0.39, 0.29) is 6.04 Å². The van der Waals surface area contributed by atoms with E-state index in [0.29, 0.717) is 6.42 Å². The molecule has 0 saturated carbocycles. The zero-order valence-electron chi connectivity index (χ0n) is 5.79. The van der Waals surface area contributed by atoms with Gasteiger partial charge in [0.15, 0.2) is 0 Å². The second-order valence-corrected chi connectivity index (χ2v) is 2.05. The number of rotatable bonds is 3. The lowest BCUT2D eigenvalue weighted by atomic mass is 10.2. The second kappa shape index (κ2) is 4.11. The van der Waals surface area contributed by atoms with Gasteiger partial charge in [0.25, 0.3) is 0 Å². The molecule has 2 nitrogen and oxygen atoms in total. The van der Waals surface area contributed by atoms with Gasteiger partial charge in [0.1, 0.15) is 6.29 Å². The summed E-state index contributed by atoms with van der Waals surface area (Å²) in [5, 5.41) is 0. The van der Waals surface area contributed by atoms with Crippen LogP contribution in [0.4, 0.5) is 0 Å². The van der Waals surface area contributed by atoms with Crippen LogP contribution in [0.5, 0.6) is 0 Å². The first-order chi connectivity index (χ1) is 4.22. The Balaban J connectivity index is 3.71. The average molecular weight is 125 g/mol. The van der Waals surface area contributed by atoms with Gasteiger partial charge < -0.3 is 4.79 Å². The number of aldehydes is 1. The molecule has 0 heterocycles. The number of nitrogens with zero attached hydrogens (tertiary/aromatic N) is 1. The summed E-state index contributed by atoms with van der Waals surface area (Å²) in [5.74, 6) is 2.50. The van der Waals surface area contributed by atoms with Gasteiger partial charge in [0, 0.05) is 6.42 Å². The first-order valence-corrected chi connectivity index (χ1v) is 2.78. The molecule has 50 valence electrons. The summed E-state index contributed by atoms with van der Waals surface area (Å²) in [5.41, 5.74) is 0. The van der Waals surface area contributed by atoms with E-state index in [2.05, 4.69) is 5.92 Å². The fraction of sp³-hybridized carbons (Fsp3) is 0.571. The first-order valence-electron chi connectivity index (χ1n) is 2.78. The van der Waals surface area contributed by atoms with Gasteiger partial charge in [-0.05, 0) is 14.1 Å². The van der Waals surface area contributed by atoms with Gasteiger partial charge in [-0.25, -0.2) is 0 Å². The van der Waals surface area contributed by atoms with Crippen molar-refractivity contribution in [2.75, 3.05) is 14.1 Å². The lowest BCUT2D eigenvalue weighted by Crippen LogP contribution is -2.26. The van der Waals surface area contributed by atoms with Gasteiger partial charge in [-0.3, -0.25) is 4.90 Å². The highest BCUT2D eigenvalue weighted by atomic mass is 16.1. The van der Waals surface area contributed by atoms with Crippen LogP contribution in [0.2, 0.25) is 0 Å². The molecule has 0 aromatic heterocycles. The molecule has 0 aliphatic rings. The fourth-order valence-corrected chi connectivity index (χ4v) is 0.519. The summed E-state index contributed by atoms with van der Waals surface area (Å²) in [4.78, 5) is 11.8. The SMILES string of the molecule is C#CC(CC=O)N(C)C. The van der Waals surface area contributed by atoms with Crippen LogP contribution < -0.4 is 0 Å². The maximum absolute atomic E-state index is 9.96. The van der Waals surface area contributed by atoms with Gasteiger partial charge in [0.2, 0.25) is 0 Å². The number of carbonyl (C=O) groups is 1. The molecule has 0 amide bonds. The smallest absolute Gasteiger partial charge is 0.122 e. The van der Waals surface area contributed by atoms with Crippen LogP contribution in [0.3, 0.4) is 0 Å². The van der Waals surface area contributed by atoms with E-state index in [4.69, 9.17) is 6.42 Å².